The van der Waals surface area contributed by atoms with Crippen LogP contribution in [0, 0.1) is 6.92 Å². The van der Waals surface area contributed by atoms with E-state index in [-0.39, 0.29) is 5.82 Å². The Labute approximate surface area is 150 Å². The summed E-state index contributed by atoms with van der Waals surface area (Å²) >= 11 is 0. The summed E-state index contributed by atoms with van der Waals surface area (Å²) in [5.41, 5.74) is 1.04. The zero-order valence-corrected chi connectivity index (χ0v) is 15.1. The van der Waals surface area contributed by atoms with Crippen molar-refractivity contribution in [3.05, 3.63) is 41.6 Å². The molecule has 0 spiro atoms. The average Bonchev–Trinajstić information content (AvgIpc) is 2.61. The minimum absolute atomic E-state index is 0.0942. The predicted molar refractivity (Wildman–Crippen MR) is 96.7 cm³/mol. The number of alkyl halides is 3. The maximum atomic E-state index is 12.8. The van der Waals surface area contributed by atoms with Crippen LogP contribution in [0.3, 0.4) is 0 Å². The third-order valence-electron chi connectivity index (χ3n) is 3.78. The predicted octanol–water partition coefficient (Wildman–Crippen LogP) is 4.77. The number of nitrogens with one attached hydrogen (secondary N) is 1. The van der Waals surface area contributed by atoms with E-state index in [0.29, 0.717) is 17.1 Å². The van der Waals surface area contributed by atoms with Gasteiger partial charge in [-0.25, -0.2) is 9.98 Å². The van der Waals surface area contributed by atoms with Gasteiger partial charge in [0.05, 0.1) is 19.1 Å². The van der Waals surface area contributed by atoms with Crippen LogP contribution in [0.25, 0.3) is 0 Å². The summed E-state index contributed by atoms with van der Waals surface area (Å²) in [5, 5.41) is 2.92. The number of methoxy groups -OCH3 is 1. The van der Waals surface area contributed by atoms with Gasteiger partial charge in [-0.05, 0) is 31.5 Å². The molecule has 5 nitrogen and oxygen atoms in total. The Morgan fingerprint density at radius 3 is 2.65 bits per heavy atom. The molecule has 0 radical (unpaired) electrons. The fourth-order valence-electron chi connectivity index (χ4n) is 2.10. The average molecular weight is 366 g/mol. The van der Waals surface area contributed by atoms with Crippen molar-refractivity contribution in [3.63, 3.8) is 0 Å². The third kappa shape index (κ3) is 4.87. The minimum Gasteiger partial charge on any atom is -0.497 e. The number of halogens is 3. The first-order valence-electron chi connectivity index (χ1n) is 7.99. The van der Waals surface area contributed by atoms with Crippen LogP contribution in [-0.2, 0) is 6.18 Å². The molecule has 140 valence electrons. The lowest BCUT2D eigenvalue weighted by atomic mass is 10.1. The highest BCUT2D eigenvalue weighted by Gasteiger charge is 2.32. The van der Waals surface area contributed by atoms with Gasteiger partial charge in [-0.1, -0.05) is 6.07 Å². The van der Waals surface area contributed by atoms with Gasteiger partial charge in [-0.15, -0.1) is 0 Å². The van der Waals surface area contributed by atoms with Gasteiger partial charge in [0.2, 0.25) is 0 Å². The molecule has 1 aromatic heterocycles. The summed E-state index contributed by atoms with van der Waals surface area (Å²) < 4.78 is 43.8. The maximum absolute atomic E-state index is 12.8. The number of aromatic nitrogens is 1. The summed E-state index contributed by atoms with van der Waals surface area (Å²) in [5.74, 6) is 0.633. The van der Waals surface area contributed by atoms with E-state index in [9.17, 15) is 13.2 Å². The Morgan fingerprint density at radius 1 is 1.31 bits per heavy atom. The van der Waals surface area contributed by atoms with Crippen LogP contribution in [0.5, 0.6) is 5.75 Å². The number of hydrogen-bond donors (Lipinski definition) is 1. The van der Waals surface area contributed by atoms with Crippen LogP contribution in [0.2, 0.25) is 0 Å². The van der Waals surface area contributed by atoms with Crippen molar-refractivity contribution in [1.29, 1.82) is 0 Å². The van der Waals surface area contributed by atoms with Crippen LogP contribution < -0.4 is 10.1 Å². The van der Waals surface area contributed by atoms with Crippen molar-refractivity contribution in [2.24, 2.45) is 4.99 Å². The zero-order valence-electron chi connectivity index (χ0n) is 15.1. The molecular weight excluding hydrogens is 345 g/mol. The second kappa shape index (κ2) is 8.07. The molecule has 0 saturated carbocycles. The summed E-state index contributed by atoms with van der Waals surface area (Å²) in [6.07, 6.45) is -2.81. The summed E-state index contributed by atoms with van der Waals surface area (Å²) in [6, 6.07) is 7.17. The maximum Gasteiger partial charge on any atom is 0.433 e. The molecule has 0 saturated heterocycles. The van der Waals surface area contributed by atoms with E-state index in [2.05, 4.69) is 15.3 Å². The van der Waals surface area contributed by atoms with E-state index >= 15 is 0 Å². The summed E-state index contributed by atoms with van der Waals surface area (Å²) in [6.45, 7) is 4.62. The van der Waals surface area contributed by atoms with Gasteiger partial charge in [0.15, 0.2) is 0 Å². The zero-order chi connectivity index (χ0) is 19.3. The number of ether oxygens (including phenoxy) is 1. The van der Waals surface area contributed by atoms with Crippen molar-refractivity contribution in [3.8, 4) is 5.75 Å². The molecule has 2 aromatic rings. The van der Waals surface area contributed by atoms with Gasteiger partial charge < -0.3 is 15.0 Å². The van der Waals surface area contributed by atoms with Gasteiger partial charge in [-0.3, -0.25) is 0 Å². The van der Waals surface area contributed by atoms with Crippen LogP contribution in [0.15, 0.2) is 35.3 Å². The SMILES string of the molecule is CCN(C)C=Nc1cc(OC)cc(Nc2cccc(C(F)(F)F)n2)c1C. The Kier molecular flexibility index (Phi) is 6.07. The Balaban J connectivity index is 2.39. The van der Waals surface area contributed by atoms with Gasteiger partial charge >= 0.3 is 6.18 Å². The van der Waals surface area contributed by atoms with Crippen molar-refractivity contribution in [2.75, 3.05) is 26.0 Å². The van der Waals surface area contributed by atoms with E-state index in [1.54, 1.807) is 18.5 Å². The summed E-state index contributed by atoms with van der Waals surface area (Å²) in [4.78, 5) is 9.96. The summed E-state index contributed by atoms with van der Waals surface area (Å²) in [7, 11) is 3.41. The van der Waals surface area contributed by atoms with Crippen molar-refractivity contribution in [2.45, 2.75) is 20.0 Å². The molecule has 26 heavy (non-hydrogen) atoms. The fraction of sp³-hybridized carbons (Fsp3) is 0.333. The number of benzene rings is 1. The van der Waals surface area contributed by atoms with E-state index < -0.39 is 11.9 Å². The normalized spacial score (nSPS) is 11.7. The molecule has 1 N–H and O–H groups in total. The van der Waals surface area contributed by atoms with Gasteiger partial charge in [0.1, 0.15) is 17.3 Å². The molecular formula is C18H21F3N4O. The Bertz CT molecular complexity index is 790. The van der Waals surface area contributed by atoms with Crippen molar-refractivity contribution < 1.29 is 17.9 Å². The van der Waals surface area contributed by atoms with E-state index in [1.165, 1.54) is 19.2 Å². The van der Waals surface area contributed by atoms with Crippen LogP contribution in [-0.4, -0.2) is 36.9 Å². The molecule has 0 bridgehead atoms. The molecule has 0 atom stereocenters. The van der Waals surface area contributed by atoms with Gasteiger partial charge in [0, 0.05) is 31.4 Å². The second-order valence-corrected chi connectivity index (χ2v) is 5.67. The number of pyridine rings is 1. The first kappa shape index (κ1) is 19.6. The van der Waals surface area contributed by atoms with Crippen molar-refractivity contribution in [1.82, 2.24) is 9.88 Å². The molecule has 8 heteroatoms. The third-order valence-corrected chi connectivity index (χ3v) is 3.78. The fourth-order valence-corrected chi connectivity index (χ4v) is 2.10. The van der Waals surface area contributed by atoms with Crippen LogP contribution in [0.4, 0.5) is 30.4 Å². The molecule has 1 aromatic carbocycles. The molecule has 0 amide bonds. The largest absolute Gasteiger partial charge is 0.497 e. The molecule has 2 rings (SSSR count). The molecule has 0 unspecified atom stereocenters. The topological polar surface area (TPSA) is 49.8 Å². The lowest BCUT2D eigenvalue weighted by Crippen LogP contribution is -2.14. The minimum atomic E-state index is -4.50. The highest BCUT2D eigenvalue weighted by molar-refractivity contribution is 5.73. The molecule has 0 fully saturated rings. The monoisotopic (exact) mass is 366 g/mol. The van der Waals surface area contributed by atoms with Crippen LogP contribution >= 0.6 is 0 Å². The van der Waals surface area contributed by atoms with Crippen LogP contribution in [0.1, 0.15) is 18.2 Å². The first-order valence-corrected chi connectivity index (χ1v) is 7.99. The first-order chi connectivity index (χ1) is 12.2. The number of aliphatic imine (C=N–C) groups is 1. The lowest BCUT2D eigenvalue weighted by Gasteiger charge is -2.15. The van der Waals surface area contributed by atoms with E-state index in [4.69, 9.17) is 4.74 Å². The Hall–Kier alpha value is -2.77. The highest BCUT2D eigenvalue weighted by Crippen LogP contribution is 2.34. The molecule has 0 aliphatic rings. The number of hydrogen-bond acceptors (Lipinski definition) is 4. The number of nitrogens with zero attached hydrogens (tertiary/aromatic N) is 3. The quantitative estimate of drug-likeness (QED) is 0.591. The molecule has 0 aliphatic heterocycles. The Morgan fingerprint density at radius 2 is 2.04 bits per heavy atom. The second-order valence-electron chi connectivity index (χ2n) is 5.67. The lowest BCUT2D eigenvalue weighted by molar-refractivity contribution is -0.141. The van der Waals surface area contributed by atoms with E-state index in [1.807, 2.05) is 25.8 Å². The van der Waals surface area contributed by atoms with E-state index in [0.717, 1.165) is 18.2 Å². The molecule has 0 aliphatic carbocycles. The van der Waals surface area contributed by atoms with Gasteiger partial charge in [0.25, 0.3) is 0 Å². The molecule has 1 heterocycles. The smallest absolute Gasteiger partial charge is 0.433 e. The van der Waals surface area contributed by atoms with Gasteiger partial charge in [-0.2, -0.15) is 13.2 Å². The van der Waals surface area contributed by atoms with Crippen molar-refractivity contribution >= 4 is 23.5 Å². The number of anilines is 2. The highest BCUT2D eigenvalue weighted by atomic mass is 19.4. The number of rotatable bonds is 6. The standard InChI is InChI=1S/C18H21F3N4O/c1-5-25(3)11-22-14-9-13(26-4)10-15(12(14)2)23-17-8-6-7-16(24-17)18(19,20)21/h6-11H,5H2,1-4H3,(H,23,24).